The molecule has 21 heavy (non-hydrogen) atoms. The Labute approximate surface area is 126 Å². The van der Waals surface area contributed by atoms with Crippen molar-refractivity contribution in [2.45, 2.75) is 25.3 Å². The molecule has 1 aromatic carbocycles. The van der Waals surface area contributed by atoms with Gasteiger partial charge in [-0.3, -0.25) is 4.79 Å². The molecule has 0 aliphatic heterocycles. The van der Waals surface area contributed by atoms with E-state index >= 15 is 0 Å². The van der Waals surface area contributed by atoms with E-state index in [2.05, 4.69) is 0 Å². The molecule has 1 amide bonds. The monoisotopic (exact) mass is 307 g/mol. The zero-order valence-electron chi connectivity index (χ0n) is 11.4. The summed E-state index contributed by atoms with van der Waals surface area (Å²) in [6.45, 7) is 0.614. The Balaban J connectivity index is 1.73. The first-order valence-electron chi connectivity index (χ1n) is 6.93. The molecule has 0 saturated heterocycles. The topological polar surface area (TPSA) is 20.3 Å². The number of thiophene rings is 1. The van der Waals surface area contributed by atoms with E-state index < -0.39 is 11.6 Å². The fraction of sp³-hybridized carbons (Fsp3) is 0.312. The van der Waals surface area contributed by atoms with Gasteiger partial charge in [-0.05, 0) is 48.9 Å². The van der Waals surface area contributed by atoms with Gasteiger partial charge in [-0.2, -0.15) is 0 Å². The van der Waals surface area contributed by atoms with E-state index in [4.69, 9.17) is 0 Å². The third-order valence-corrected chi connectivity index (χ3v) is 4.53. The smallest absolute Gasteiger partial charge is 0.254 e. The van der Waals surface area contributed by atoms with Crippen molar-refractivity contribution in [3.63, 3.8) is 0 Å². The first-order valence-corrected chi connectivity index (χ1v) is 7.81. The second kappa shape index (κ2) is 5.93. The third kappa shape index (κ3) is 3.29. The molecule has 1 fully saturated rings. The average molecular weight is 307 g/mol. The summed E-state index contributed by atoms with van der Waals surface area (Å²) in [6.07, 6.45) is 2.77. The molecule has 0 N–H and O–H groups in total. The zero-order valence-corrected chi connectivity index (χ0v) is 12.2. The molecule has 2 aromatic rings. The van der Waals surface area contributed by atoms with Crippen LogP contribution in [0, 0.1) is 11.6 Å². The van der Waals surface area contributed by atoms with Crippen LogP contribution in [-0.2, 0) is 6.42 Å². The lowest BCUT2D eigenvalue weighted by molar-refractivity contribution is 0.0744. The number of carbonyl (C=O) groups excluding carboxylic acids is 1. The number of halogens is 2. The van der Waals surface area contributed by atoms with Gasteiger partial charge in [0.25, 0.3) is 5.91 Å². The fourth-order valence-corrected chi connectivity index (χ4v) is 3.01. The van der Waals surface area contributed by atoms with Crippen LogP contribution in [0.15, 0.2) is 35.7 Å². The Morgan fingerprint density at radius 2 is 2.05 bits per heavy atom. The highest BCUT2D eigenvalue weighted by molar-refractivity contribution is 7.09. The van der Waals surface area contributed by atoms with E-state index in [-0.39, 0.29) is 17.5 Å². The molecule has 110 valence electrons. The second-order valence-corrected chi connectivity index (χ2v) is 6.22. The summed E-state index contributed by atoms with van der Waals surface area (Å²) >= 11 is 1.66. The predicted octanol–water partition coefficient (Wildman–Crippen LogP) is 3.87. The Hall–Kier alpha value is -1.75. The number of carbonyl (C=O) groups is 1. The van der Waals surface area contributed by atoms with Gasteiger partial charge in [0, 0.05) is 23.0 Å². The number of amides is 1. The minimum Gasteiger partial charge on any atom is -0.335 e. The fourth-order valence-electron chi connectivity index (χ4n) is 2.32. The minimum absolute atomic E-state index is 0.215. The van der Waals surface area contributed by atoms with Crippen molar-refractivity contribution in [2.24, 2.45) is 0 Å². The molecule has 0 unspecified atom stereocenters. The van der Waals surface area contributed by atoms with E-state index in [9.17, 15) is 13.6 Å². The summed E-state index contributed by atoms with van der Waals surface area (Å²) in [5.41, 5.74) is 0.215. The Morgan fingerprint density at radius 3 is 2.67 bits per heavy atom. The lowest BCUT2D eigenvalue weighted by atomic mass is 10.1. The quantitative estimate of drug-likeness (QED) is 0.821. The van der Waals surface area contributed by atoms with Crippen molar-refractivity contribution in [3.8, 4) is 0 Å². The normalized spacial score (nSPS) is 14.2. The van der Waals surface area contributed by atoms with Crippen molar-refractivity contribution in [2.75, 3.05) is 6.54 Å². The third-order valence-electron chi connectivity index (χ3n) is 3.59. The number of rotatable bonds is 5. The van der Waals surface area contributed by atoms with Gasteiger partial charge in [-0.15, -0.1) is 11.3 Å². The molecule has 0 spiro atoms. The molecule has 1 aromatic heterocycles. The molecule has 1 saturated carbocycles. The standard InChI is InChI=1S/C16H15F2NOS/c17-14-6-3-11(10-15(14)18)16(20)19(12-4-5-12)8-7-13-2-1-9-21-13/h1-3,6,9-10,12H,4-5,7-8H2. The summed E-state index contributed by atoms with van der Waals surface area (Å²) in [5.74, 6) is -2.12. The molecule has 1 aliphatic carbocycles. The van der Waals surface area contributed by atoms with Gasteiger partial charge in [0.15, 0.2) is 11.6 Å². The Kier molecular flexibility index (Phi) is 4.01. The first-order chi connectivity index (χ1) is 10.1. The molecular weight excluding hydrogens is 292 g/mol. The molecule has 1 aliphatic rings. The van der Waals surface area contributed by atoms with Crippen LogP contribution < -0.4 is 0 Å². The summed E-state index contributed by atoms with van der Waals surface area (Å²) in [6, 6.07) is 7.61. The summed E-state index contributed by atoms with van der Waals surface area (Å²) in [7, 11) is 0. The average Bonchev–Trinajstić information content (AvgIpc) is 3.17. The van der Waals surface area contributed by atoms with Crippen molar-refractivity contribution in [1.82, 2.24) is 4.90 Å². The number of nitrogens with zero attached hydrogens (tertiary/aromatic N) is 1. The largest absolute Gasteiger partial charge is 0.335 e. The minimum atomic E-state index is -0.977. The van der Waals surface area contributed by atoms with Gasteiger partial charge < -0.3 is 4.90 Å². The molecule has 0 bridgehead atoms. The van der Waals surface area contributed by atoms with Crippen molar-refractivity contribution in [3.05, 3.63) is 57.8 Å². The zero-order chi connectivity index (χ0) is 14.8. The van der Waals surface area contributed by atoms with E-state index in [1.54, 1.807) is 16.2 Å². The first kappa shape index (κ1) is 14.2. The molecule has 3 rings (SSSR count). The van der Waals surface area contributed by atoms with E-state index in [0.29, 0.717) is 6.54 Å². The van der Waals surface area contributed by atoms with Gasteiger partial charge in [0.1, 0.15) is 0 Å². The Bertz CT molecular complexity index is 638. The van der Waals surface area contributed by atoms with Crippen molar-refractivity contribution < 1.29 is 13.6 Å². The molecule has 0 radical (unpaired) electrons. The highest BCUT2D eigenvalue weighted by atomic mass is 32.1. The van der Waals surface area contributed by atoms with E-state index in [0.717, 1.165) is 31.4 Å². The summed E-state index contributed by atoms with van der Waals surface area (Å²) in [4.78, 5) is 15.5. The maximum atomic E-state index is 13.3. The highest BCUT2D eigenvalue weighted by Gasteiger charge is 2.33. The van der Waals surface area contributed by atoms with Crippen LogP contribution in [0.5, 0.6) is 0 Å². The van der Waals surface area contributed by atoms with Crippen LogP contribution in [0.1, 0.15) is 28.1 Å². The van der Waals surface area contributed by atoms with Gasteiger partial charge in [-0.1, -0.05) is 6.07 Å². The van der Waals surface area contributed by atoms with Crippen molar-refractivity contribution >= 4 is 17.2 Å². The predicted molar refractivity (Wildman–Crippen MR) is 78.4 cm³/mol. The van der Waals surface area contributed by atoms with Crippen LogP contribution in [0.25, 0.3) is 0 Å². The maximum Gasteiger partial charge on any atom is 0.254 e. The summed E-state index contributed by atoms with van der Waals surface area (Å²) in [5, 5.41) is 2.01. The molecule has 0 atom stereocenters. The van der Waals surface area contributed by atoms with Crippen LogP contribution in [-0.4, -0.2) is 23.4 Å². The SMILES string of the molecule is O=C(c1ccc(F)c(F)c1)N(CCc1cccs1)C1CC1. The van der Waals surface area contributed by atoms with Crippen LogP contribution in [0.4, 0.5) is 8.78 Å². The van der Waals surface area contributed by atoms with Crippen molar-refractivity contribution in [1.29, 1.82) is 0 Å². The van der Waals surface area contributed by atoms with Crippen LogP contribution >= 0.6 is 11.3 Å². The lowest BCUT2D eigenvalue weighted by Gasteiger charge is -2.22. The van der Waals surface area contributed by atoms with Crippen LogP contribution in [0.2, 0.25) is 0 Å². The molecule has 5 heteroatoms. The maximum absolute atomic E-state index is 13.3. The van der Waals surface area contributed by atoms with Gasteiger partial charge in [0.05, 0.1) is 0 Å². The highest BCUT2D eigenvalue weighted by Crippen LogP contribution is 2.29. The van der Waals surface area contributed by atoms with Crippen LogP contribution in [0.3, 0.4) is 0 Å². The number of benzene rings is 1. The van der Waals surface area contributed by atoms with Gasteiger partial charge >= 0.3 is 0 Å². The lowest BCUT2D eigenvalue weighted by Crippen LogP contribution is -2.34. The van der Waals surface area contributed by atoms with E-state index in [1.165, 1.54) is 10.9 Å². The summed E-state index contributed by atoms with van der Waals surface area (Å²) < 4.78 is 26.3. The molecule has 1 heterocycles. The van der Waals surface area contributed by atoms with Gasteiger partial charge in [0.2, 0.25) is 0 Å². The van der Waals surface area contributed by atoms with Gasteiger partial charge in [-0.25, -0.2) is 8.78 Å². The van der Waals surface area contributed by atoms with E-state index in [1.807, 2.05) is 17.5 Å². The number of hydrogen-bond donors (Lipinski definition) is 0. The second-order valence-electron chi connectivity index (χ2n) is 5.19. The molecular formula is C16H15F2NOS. The number of hydrogen-bond acceptors (Lipinski definition) is 2. The Morgan fingerprint density at radius 1 is 1.24 bits per heavy atom. The molecule has 2 nitrogen and oxygen atoms in total.